The van der Waals surface area contributed by atoms with Gasteiger partial charge in [-0.05, 0) is 49.7 Å². The number of hydrogen-bond donors (Lipinski definition) is 0. The van der Waals surface area contributed by atoms with E-state index < -0.39 is 5.82 Å². The first-order chi connectivity index (χ1) is 15.5. The van der Waals surface area contributed by atoms with Crippen molar-refractivity contribution in [3.63, 3.8) is 0 Å². The van der Waals surface area contributed by atoms with Gasteiger partial charge in [-0.1, -0.05) is 11.6 Å². The van der Waals surface area contributed by atoms with E-state index in [0.717, 1.165) is 17.0 Å². The predicted molar refractivity (Wildman–Crippen MR) is 120 cm³/mol. The Labute approximate surface area is 189 Å². The van der Waals surface area contributed by atoms with Crippen LogP contribution in [0.1, 0.15) is 23.1 Å². The van der Waals surface area contributed by atoms with Gasteiger partial charge in [0.25, 0.3) is 0 Å². The molecule has 1 atom stereocenters. The molecule has 0 N–H and O–H groups in total. The average molecular weight is 451 g/mol. The van der Waals surface area contributed by atoms with E-state index >= 15 is 0 Å². The molecule has 0 amide bonds. The number of ether oxygens (including phenoxy) is 1. The molecule has 32 heavy (non-hydrogen) atoms. The zero-order chi connectivity index (χ0) is 22.2. The van der Waals surface area contributed by atoms with Crippen molar-refractivity contribution in [1.82, 2.24) is 24.9 Å². The van der Waals surface area contributed by atoms with E-state index in [1.54, 1.807) is 24.5 Å². The molecule has 4 heterocycles. The Morgan fingerprint density at radius 2 is 1.94 bits per heavy atom. The summed E-state index contributed by atoms with van der Waals surface area (Å²) < 4.78 is 20.8. The van der Waals surface area contributed by atoms with Gasteiger partial charge in [0, 0.05) is 35.2 Å². The summed E-state index contributed by atoms with van der Waals surface area (Å²) >= 11 is 5.95. The molecule has 1 aliphatic rings. The van der Waals surface area contributed by atoms with Gasteiger partial charge in [0.15, 0.2) is 5.65 Å². The maximum Gasteiger partial charge on any atom is 0.228 e. The number of nitrogens with zero attached hydrogens (tertiary/aromatic N) is 6. The van der Waals surface area contributed by atoms with Gasteiger partial charge in [-0.15, -0.1) is 0 Å². The first kappa shape index (κ1) is 20.7. The monoisotopic (exact) mass is 450 g/mol. The molecular weight excluding hydrogens is 431 g/mol. The third kappa shape index (κ3) is 3.99. The second-order valence-electron chi connectivity index (χ2n) is 7.72. The molecule has 9 heteroatoms. The molecule has 1 fully saturated rings. The van der Waals surface area contributed by atoms with Crippen molar-refractivity contribution in [1.29, 1.82) is 0 Å². The molecule has 0 bridgehead atoms. The molecule has 5 rings (SSSR count). The molecule has 1 saturated heterocycles. The molecule has 0 radical (unpaired) electrons. The lowest BCUT2D eigenvalue weighted by molar-refractivity contribution is 0.0391. The number of rotatable bonds is 3. The molecule has 7 nitrogen and oxygen atoms in total. The highest BCUT2D eigenvalue weighted by molar-refractivity contribution is 6.30. The van der Waals surface area contributed by atoms with Crippen molar-refractivity contribution in [2.45, 2.75) is 20.0 Å². The van der Waals surface area contributed by atoms with Crippen LogP contribution in [0.5, 0.6) is 0 Å². The van der Waals surface area contributed by atoms with E-state index in [2.05, 4.69) is 19.9 Å². The van der Waals surface area contributed by atoms with Gasteiger partial charge in [0.1, 0.15) is 23.1 Å². The smallest absolute Gasteiger partial charge is 0.228 e. The lowest BCUT2D eigenvalue weighted by Gasteiger charge is -2.33. The number of morpholine rings is 1. The minimum Gasteiger partial charge on any atom is -0.370 e. The lowest BCUT2D eigenvalue weighted by atomic mass is 10.1. The predicted octanol–water partition coefficient (Wildman–Crippen LogP) is 4.47. The molecule has 0 spiro atoms. The fraction of sp³-hybridized carbons (Fsp3) is 0.261. The highest BCUT2D eigenvalue weighted by atomic mass is 35.5. The van der Waals surface area contributed by atoms with Crippen LogP contribution in [-0.2, 0) is 4.74 Å². The van der Waals surface area contributed by atoms with Crippen LogP contribution in [0.4, 0.5) is 10.3 Å². The van der Waals surface area contributed by atoms with E-state index in [-0.39, 0.29) is 6.10 Å². The van der Waals surface area contributed by atoms with Gasteiger partial charge >= 0.3 is 0 Å². The third-order valence-corrected chi connectivity index (χ3v) is 5.58. The summed E-state index contributed by atoms with van der Waals surface area (Å²) in [7, 11) is 0. The Kier molecular flexibility index (Phi) is 5.40. The summed E-state index contributed by atoms with van der Waals surface area (Å²) in [5.41, 5.74) is 4.23. The lowest BCUT2D eigenvalue weighted by Crippen LogP contribution is -2.39. The summed E-state index contributed by atoms with van der Waals surface area (Å²) in [6, 6.07) is 8.46. The Morgan fingerprint density at radius 1 is 1.06 bits per heavy atom. The first-order valence-electron chi connectivity index (χ1n) is 10.2. The first-order valence-corrected chi connectivity index (χ1v) is 10.6. The molecule has 0 saturated carbocycles. The summed E-state index contributed by atoms with van der Waals surface area (Å²) in [5, 5.41) is 0.315. The highest BCUT2D eigenvalue weighted by Gasteiger charge is 2.26. The van der Waals surface area contributed by atoms with Crippen molar-refractivity contribution < 1.29 is 9.13 Å². The Morgan fingerprint density at radius 3 is 2.75 bits per heavy atom. The molecule has 1 unspecified atom stereocenters. The standard InChI is InChI=1S/C23H20ClFN6O/c1-13-9-15(5-6-26-13)19-12-31(7-8-32-19)23-29-20(17-4-3-16(24)10-18(17)25)21-22(30-23)28-14(2)11-27-21/h3-6,9-11,19H,7-8,12H2,1-2H3. The van der Waals surface area contributed by atoms with Crippen LogP contribution in [0.15, 0.2) is 42.7 Å². The zero-order valence-corrected chi connectivity index (χ0v) is 18.3. The Bertz CT molecular complexity index is 1320. The second kappa shape index (κ2) is 8.37. The topological polar surface area (TPSA) is 76.9 Å². The molecule has 1 aliphatic heterocycles. The van der Waals surface area contributed by atoms with Crippen LogP contribution in [0, 0.1) is 19.7 Å². The summed E-state index contributed by atoms with van der Waals surface area (Å²) in [5.74, 6) is -0.0150. The van der Waals surface area contributed by atoms with Crippen LogP contribution in [-0.4, -0.2) is 44.6 Å². The van der Waals surface area contributed by atoms with E-state index in [1.165, 1.54) is 6.07 Å². The number of aromatic nitrogens is 5. The van der Waals surface area contributed by atoms with E-state index in [0.29, 0.717) is 53.1 Å². The maximum atomic E-state index is 14.8. The van der Waals surface area contributed by atoms with E-state index in [4.69, 9.17) is 21.3 Å². The normalized spacial score (nSPS) is 16.5. The number of hydrogen-bond acceptors (Lipinski definition) is 7. The Balaban J connectivity index is 1.59. The Hall–Kier alpha value is -3.23. The number of pyridine rings is 1. The number of halogens is 2. The van der Waals surface area contributed by atoms with Gasteiger partial charge in [-0.2, -0.15) is 4.98 Å². The van der Waals surface area contributed by atoms with Gasteiger partial charge in [0.2, 0.25) is 5.95 Å². The number of anilines is 1. The minimum absolute atomic E-state index is 0.149. The zero-order valence-electron chi connectivity index (χ0n) is 17.6. The maximum absolute atomic E-state index is 14.8. The summed E-state index contributed by atoms with van der Waals surface area (Å²) in [6.45, 7) is 5.46. The van der Waals surface area contributed by atoms with Crippen molar-refractivity contribution in [2.24, 2.45) is 0 Å². The molecule has 3 aromatic heterocycles. The fourth-order valence-corrected chi connectivity index (χ4v) is 3.95. The van der Waals surface area contributed by atoms with Gasteiger partial charge in [-0.25, -0.2) is 19.3 Å². The second-order valence-corrected chi connectivity index (χ2v) is 8.15. The molecule has 4 aromatic rings. The van der Waals surface area contributed by atoms with Gasteiger partial charge in [-0.3, -0.25) is 4.98 Å². The SMILES string of the molecule is Cc1cc(C2CN(c3nc(-c4ccc(Cl)cc4F)c4ncc(C)nc4n3)CCO2)ccn1. The number of benzene rings is 1. The van der Waals surface area contributed by atoms with Crippen LogP contribution in [0.25, 0.3) is 22.4 Å². The van der Waals surface area contributed by atoms with Crippen molar-refractivity contribution in [3.05, 3.63) is 70.5 Å². The van der Waals surface area contributed by atoms with Gasteiger partial charge in [0.05, 0.1) is 18.8 Å². The summed E-state index contributed by atoms with van der Waals surface area (Å²) in [4.78, 5) is 24.6. The van der Waals surface area contributed by atoms with Crippen molar-refractivity contribution in [3.8, 4) is 11.3 Å². The quantitative estimate of drug-likeness (QED) is 0.455. The minimum atomic E-state index is -0.474. The summed E-state index contributed by atoms with van der Waals surface area (Å²) in [6.07, 6.45) is 3.25. The van der Waals surface area contributed by atoms with Crippen LogP contribution >= 0.6 is 11.6 Å². The van der Waals surface area contributed by atoms with Crippen LogP contribution in [0.2, 0.25) is 5.02 Å². The molecule has 1 aromatic carbocycles. The number of aryl methyl sites for hydroxylation is 2. The van der Waals surface area contributed by atoms with Gasteiger partial charge < -0.3 is 9.64 Å². The highest BCUT2D eigenvalue weighted by Crippen LogP contribution is 2.31. The number of fused-ring (bicyclic) bond motifs is 1. The largest absolute Gasteiger partial charge is 0.370 e. The fourth-order valence-electron chi connectivity index (χ4n) is 3.79. The average Bonchev–Trinajstić information content (AvgIpc) is 2.78. The van der Waals surface area contributed by atoms with Crippen LogP contribution in [0.3, 0.4) is 0 Å². The third-order valence-electron chi connectivity index (χ3n) is 5.34. The van der Waals surface area contributed by atoms with Crippen molar-refractivity contribution in [2.75, 3.05) is 24.6 Å². The molecular formula is C23H20ClFN6O. The molecule has 0 aliphatic carbocycles. The van der Waals surface area contributed by atoms with Crippen molar-refractivity contribution >= 4 is 28.7 Å². The van der Waals surface area contributed by atoms with E-state index in [9.17, 15) is 4.39 Å². The molecule has 162 valence electrons. The van der Waals surface area contributed by atoms with Crippen LogP contribution < -0.4 is 4.90 Å². The van der Waals surface area contributed by atoms with E-state index in [1.807, 2.05) is 30.9 Å².